The third-order valence-corrected chi connectivity index (χ3v) is 6.20. The summed E-state index contributed by atoms with van der Waals surface area (Å²) in [6.45, 7) is 2.18. The molecule has 2 bridgehead atoms. The van der Waals surface area contributed by atoms with Crippen molar-refractivity contribution in [1.29, 1.82) is 0 Å². The lowest BCUT2D eigenvalue weighted by Crippen LogP contribution is -2.41. The third kappa shape index (κ3) is 3.68. The van der Waals surface area contributed by atoms with Crippen molar-refractivity contribution in [2.45, 2.75) is 45.2 Å². The number of hydrogen-bond donors (Lipinski definition) is 1. The second kappa shape index (κ2) is 7.77. The molecule has 0 saturated heterocycles. The summed E-state index contributed by atoms with van der Waals surface area (Å²) in [5, 5.41) is 15.5. The maximum absolute atomic E-state index is 12.4. The Balaban J connectivity index is 1.37. The number of amides is 1. The zero-order valence-corrected chi connectivity index (χ0v) is 16.6. The van der Waals surface area contributed by atoms with Crippen molar-refractivity contribution in [2.24, 2.45) is 17.8 Å². The number of carbonyl (C=O) groups is 1. The van der Waals surface area contributed by atoms with Crippen LogP contribution in [0, 0.1) is 17.8 Å². The summed E-state index contributed by atoms with van der Waals surface area (Å²) >= 11 is 0. The van der Waals surface area contributed by atoms with E-state index in [1.54, 1.807) is 26.4 Å². The Morgan fingerprint density at radius 3 is 2.75 bits per heavy atom. The molecule has 2 aromatic rings. The van der Waals surface area contributed by atoms with Crippen LogP contribution < -0.4 is 14.8 Å². The highest BCUT2D eigenvalue weighted by atomic mass is 16.5. The number of nitrogens with zero attached hydrogens (tertiary/aromatic N) is 4. The van der Waals surface area contributed by atoms with Crippen LogP contribution in [0.15, 0.2) is 18.2 Å². The minimum Gasteiger partial charge on any atom is -0.493 e. The van der Waals surface area contributed by atoms with E-state index in [-0.39, 0.29) is 18.5 Å². The Morgan fingerprint density at radius 1 is 1.25 bits per heavy atom. The zero-order valence-electron chi connectivity index (χ0n) is 16.6. The molecule has 1 N–H and O–H groups in total. The molecule has 1 aromatic heterocycles. The molecule has 2 fully saturated rings. The van der Waals surface area contributed by atoms with E-state index in [1.165, 1.54) is 30.5 Å². The number of nitrogens with one attached hydrogen (secondary N) is 1. The van der Waals surface area contributed by atoms with Crippen LogP contribution >= 0.6 is 0 Å². The third-order valence-electron chi connectivity index (χ3n) is 6.20. The van der Waals surface area contributed by atoms with Crippen molar-refractivity contribution < 1.29 is 14.3 Å². The van der Waals surface area contributed by atoms with Gasteiger partial charge in [0.1, 0.15) is 6.54 Å². The fourth-order valence-corrected chi connectivity index (χ4v) is 4.84. The van der Waals surface area contributed by atoms with Crippen LogP contribution in [0.25, 0.3) is 11.4 Å². The minimum atomic E-state index is -0.0773. The quantitative estimate of drug-likeness (QED) is 0.786. The molecule has 2 saturated carbocycles. The highest BCUT2D eigenvalue weighted by Gasteiger charge is 2.42. The molecule has 4 atom stereocenters. The van der Waals surface area contributed by atoms with E-state index in [9.17, 15) is 4.79 Å². The molecule has 1 heterocycles. The fourth-order valence-electron chi connectivity index (χ4n) is 4.84. The van der Waals surface area contributed by atoms with Crippen molar-refractivity contribution in [3.63, 3.8) is 0 Å². The molecule has 1 amide bonds. The summed E-state index contributed by atoms with van der Waals surface area (Å²) in [7, 11) is 3.16. The first-order chi connectivity index (χ1) is 13.6. The van der Waals surface area contributed by atoms with Crippen LogP contribution in [0.3, 0.4) is 0 Å². The van der Waals surface area contributed by atoms with Crippen LogP contribution in [0.1, 0.15) is 32.6 Å². The summed E-state index contributed by atoms with van der Waals surface area (Å²) in [5.41, 5.74) is 0.750. The molecular weight excluding hydrogens is 358 g/mol. The Kier molecular flexibility index (Phi) is 5.19. The Morgan fingerprint density at radius 2 is 2.07 bits per heavy atom. The number of carbonyl (C=O) groups excluding carboxylic acids is 1. The van der Waals surface area contributed by atoms with Gasteiger partial charge in [0.25, 0.3) is 0 Å². The van der Waals surface area contributed by atoms with Crippen molar-refractivity contribution in [1.82, 2.24) is 25.5 Å². The number of ether oxygens (including phenoxy) is 2. The molecule has 1 aromatic carbocycles. The van der Waals surface area contributed by atoms with Crippen molar-refractivity contribution in [3.8, 4) is 22.9 Å². The van der Waals surface area contributed by atoms with Gasteiger partial charge in [0.2, 0.25) is 11.7 Å². The number of rotatable bonds is 7. The summed E-state index contributed by atoms with van der Waals surface area (Å²) < 4.78 is 10.6. The maximum atomic E-state index is 12.4. The van der Waals surface area contributed by atoms with E-state index < -0.39 is 0 Å². The van der Waals surface area contributed by atoms with E-state index in [1.807, 2.05) is 6.07 Å². The van der Waals surface area contributed by atoms with Crippen LogP contribution in [0.5, 0.6) is 11.5 Å². The van der Waals surface area contributed by atoms with Gasteiger partial charge in [-0.3, -0.25) is 4.79 Å². The highest BCUT2D eigenvalue weighted by molar-refractivity contribution is 5.75. The lowest BCUT2D eigenvalue weighted by Gasteiger charge is -2.28. The molecule has 0 aliphatic heterocycles. The molecule has 0 unspecified atom stereocenters. The number of fused-ring (bicyclic) bond motifs is 2. The van der Waals surface area contributed by atoms with Gasteiger partial charge in [-0.1, -0.05) is 6.42 Å². The van der Waals surface area contributed by atoms with Gasteiger partial charge in [0.05, 0.1) is 14.2 Å². The van der Waals surface area contributed by atoms with Gasteiger partial charge in [0.15, 0.2) is 11.5 Å². The average Bonchev–Trinajstić information content (AvgIpc) is 3.44. The standard InChI is InChI=1S/C20H27N5O3/c1-12(16-9-13-4-5-14(16)8-13)21-19(26)11-25-23-20(22-24-25)15-6-7-17(27-2)18(10-15)28-3/h6-7,10,12-14,16H,4-5,8-9,11H2,1-3H3,(H,21,26)/t12-,13-,14-,16-/m0/s1. The second-order valence-corrected chi connectivity index (χ2v) is 7.91. The van der Waals surface area contributed by atoms with E-state index in [0.29, 0.717) is 23.2 Å². The number of aromatic nitrogens is 4. The molecule has 8 heteroatoms. The first-order valence-corrected chi connectivity index (χ1v) is 9.87. The van der Waals surface area contributed by atoms with Gasteiger partial charge in [-0.15, -0.1) is 10.2 Å². The SMILES string of the molecule is COc1ccc(-c2nnn(CC(=O)N[C@@H](C)[C@@H]3C[C@H]4CC[C@H]3C4)n2)cc1OC. The number of hydrogen-bond acceptors (Lipinski definition) is 6. The van der Waals surface area contributed by atoms with Gasteiger partial charge < -0.3 is 14.8 Å². The topological polar surface area (TPSA) is 91.2 Å². The molecule has 0 spiro atoms. The molecule has 2 aliphatic rings. The summed E-state index contributed by atoms with van der Waals surface area (Å²) in [6.07, 6.45) is 5.26. The van der Waals surface area contributed by atoms with Gasteiger partial charge >= 0.3 is 0 Å². The van der Waals surface area contributed by atoms with Crippen LogP contribution in [-0.2, 0) is 11.3 Å². The molecular formula is C20H27N5O3. The second-order valence-electron chi connectivity index (χ2n) is 7.91. The lowest BCUT2D eigenvalue weighted by molar-refractivity contribution is -0.123. The van der Waals surface area contributed by atoms with E-state index in [2.05, 4.69) is 27.7 Å². The molecule has 4 rings (SSSR count). The molecule has 150 valence electrons. The fraction of sp³-hybridized carbons (Fsp3) is 0.600. The summed E-state index contributed by atoms with van der Waals surface area (Å²) in [4.78, 5) is 13.8. The van der Waals surface area contributed by atoms with E-state index in [4.69, 9.17) is 9.47 Å². The van der Waals surface area contributed by atoms with Crippen LogP contribution in [-0.4, -0.2) is 46.4 Å². The zero-order chi connectivity index (χ0) is 19.7. The largest absolute Gasteiger partial charge is 0.493 e. The predicted octanol–water partition coefficient (Wildman–Crippen LogP) is 2.30. The van der Waals surface area contributed by atoms with Gasteiger partial charge in [0, 0.05) is 11.6 Å². The van der Waals surface area contributed by atoms with Crippen molar-refractivity contribution >= 4 is 5.91 Å². The lowest BCUT2D eigenvalue weighted by atomic mass is 9.84. The van der Waals surface area contributed by atoms with Crippen molar-refractivity contribution in [3.05, 3.63) is 18.2 Å². The predicted molar refractivity (Wildman–Crippen MR) is 103 cm³/mol. The smallest absolute Gasteiger partial charge is 0.243 e. The molecule has 28 heavy (non-hydrogen) atoms. The first kappa shape index (κ1) is 18.7. The summed E-state index contributed by atoms with van der Waals surface area (Å²) in [5.74, 6) is 3.84. The Labute approximate surface area is 164 Å². The minimum absolute atomic E-state index is 0.0610. The number of tetrazole rings is 1. The van der Waals surface area contributed by atoms with Gasteiger partial charge in [-0.2, -0.15) is 4.80 Å². The monoisotopic (exact) mass is 385 g/mol. The van der Waals surface area contributed by atoms with Gasteiger partial charge in [-0.25, -0.2) is 0 Å². The molecule has 0 radical (unpaired) electrons. The van der Waals surface area contributed by atoms with Crippen LogP contribution in [0.4, 0.5) is 0 Å². The highest BCUT2D eigenvalue weighted by Crippen LogP contribution is 2.49. The van der Waals surface area contributed by atoms with Gasteiger partial charge in [-0.05, 0) is 67.4 Å². The van der Waals surface area contributed by atoms with E-state index >= 15 is 0 Å². The normalized spacial score (nSPS) is 24.2. The summed E-state index contributed by atoms with van der Waals surface area (Å²) in [6, 6.07) is 5.60. The molecule has 2 aliphatic carbocycles. The average molecular weight is 385 g/mol. The number of benzene rings is 1. The number of methoxy groups -OCH3 is 2. The van der Waals surface area contributed by atoms with Crippen LogP contribution in [0.2, 0.25) is 0 Å². The van der Waals surface area contributed by atoms with Crippen molar-refractivity contribution in [2.75, 3.05) is 14.2 Å². The molecule has 8 nitrogen and oxygen atoms in total. The maximum Gasteiger partial charge on any atom is 0.243 e. The Bertz CT molecular complexity index is 852. The Hall–Kier alpha value is -2.64. The first-order valence-electron chi connectivity index (χ1n) is 9.87. The van der Waals surface area contributed by atoms with E-state index in [0.717, 1.165) is 17.4 Å².